The number of hydrogen-bond acceptors (Lipinski definition) is 6. The molecular formula is C26H22N4O6. The molecule has 3 rings (SSSR count). The molecule has 0 aliphatic carbocycles. The van der Waals surface area contributed by atoms with Gasteiger partial charge in [0.25, 0.3) is 11.8 Å². The Hall–Kier alpha value is -5.12. The number of carbonyl (C=O) groups excluding carboxylic acids is 2. The van der Waals surface area contributed by atoms with E-state index in [9.17, 15) is 19.2 Å². The van der Waals surface area contributed by atoms with Crippen molar-refractivity contribution < 1.29 is 29.4 Å². The van der Waals surface area contributed by atoms with Gasteiger partial charge in [0.05, 0.1) is 11.4 Å². The standard InChI is InChI=1S/C26H22N4O6/c31-23(32)15-29-25(35)19-5-9-21(10-6-19)27-13-17-1-2-18(4-3-17)14-28-22-11-7-20(8-12-22)26(36)30-16-24(33)34/h1-14H,15-16H2,(H,29,35)(H,30,36)(H,31,32)(H,33,34). The van der Waals surface area contributed by atoms with Crippen LogP contribution in [0.3, 0.4) is 0 Å². The quantitative estimate of drug-likeness (QED) is 0.323. The van der Waals surface area contributed by atoms with E-state index in [1.54, 1.807) is 61.0 Å². The van der Waals surface area contributed by atoms with Crippen molar-refractivity contribution in [2.45, 2.75) is 0 Å². The molecule has 36 heavy (non-hydrogen) atoms. The fraction of sp³-hybridized carbons (Fsp3) is 0.0769. The maximum absolute atomic E-state index is 11.8. The number of carboxylic acids is 2. The molecule has 0 heterocycles. The summed E-state index contributed by atoms with van der Waals surface area (Å²) in [6, 6.07) is 20.4. The number of benzene rings is 3. The van der Waals surface area contributed by atoms with Gasteiger partial charge in [0.1, 0.15) is 13.1 Å². The first-order valence-electron chi connectivity index (χ1n) is 10.7. The number of aliphatic imine (C=N–C) groups is 2. The lowest BCUT2D eigenvalue weighted by Crippen LogP contribution is -2.29. The molecule has 0 radical (unpaired) electrons. The van der Waals surface area contributed by atoms with Crippen LogP contribution in [0, 0.1) is 0 Å². The highest BCUT2D eigenvalue weighted by atomic mass is 16.4. The summed E-state index contributed by atoms with van der Waals surface area (Å²) in [5, 5.41) is 21.8. The third kappa shape index (κ3) is 8.03. The summed E-state index contributed by atoms with van der Waals surface area (Å²) in [6.07, 6.45) is 3.35. The fourth-order valence-electron chi connectivity index (χ4n) is 2.88. The summed E-state index contributed by atoms with van der Waals surface area (Å²) in [5.74, 6) is -3.17. The molecule has 10 nitrogen and oxygen atoms in total. The van der Waals surface area contributed by atoms with Crippen molar-refractivity contribution in [3.05, 3.63) is 95.1 Å². The molecule has 3 aromatic rings. The van der Waals surface area contributed by atoms with E-state index in [1.165, 1.54) is 0 Å². The summed E-state index contributed by atoms with van der Waals surface area (Å²) in [7, 11) is 0. The zero-order chi connectivity index (χ0) is 25.9. The lowest BCUT2D eigenvalue weighted by molar-refractivity contribution is -0.136. The Morgan fingerprint density at radius 2 is 0.917 bits per heavy atom. The van der Waals surface area contributed by atoms with Gasteiger partial charge < -0.3 is 20.8 Å². The number of rotatable bonds is 10. The molecule has 0 fully saturated rings. The maximum atomic E-state index is 11.8. The molecule has 0 saturated carbocycles. The van der Waals surface area contributed by atoms with E-state index in [1.807, 2.05) is 24.3 Å². The van der Waals surface area contributed by atoms with Crippen LogP contribution < -0.4 is 10.6 Å². The van der Waals surface area contributed by atoms with Crippen molar-refractivity contribution >= 4 is 47.6 Å². The van der Waals surface area contributed by atoms with Gasteiger partial charge in [-0.05, 0) is 59.7 Å². The first-order valence-corrected chi connectivity index (χ1v) is 10.7. The number of carbonyl (C=O) groups is 4. The average molecular weight is 486 g/mol. The minimum atomic E-state index is -1.11. The number of amides is 2. The number of aliphatic carboxylic acids is 2. The van der Waals surface area contributed by atoms with E-state index in [-0.39, 0.29) is 0 Å². The van der Waals surface area contributed by atoms with Crippen LogP contribution in [-0.2, 0) is 9.59 Å². The summed E-state index contributed by atoms with van der Waals surface area (Å²) >= 11 is 0. The number of carboxylic acid groups (broad SMARTS) is 2. The third-order valence-corrected chi connectivity index (χ3v) is 4.72. The van der Waals surface area contributed by atoms with E-state index in [0.717, 1.165) is 11.1 Å². The Labute approximate surface area is 206 Å². The van der Waals surface area contributed by atoms with Crippen LogP contribution in [-0.4, -0.2) is 59.5 Å². The second-order valence-electron chi connectivity index (χ2n) is 7.43. The highest BCUT2D eigenvalue weighted by Crippen LogP contribution is 2.15. The Morgan fingerprint density at radius 1 is 0.583 bits per heavy atom. The Kier molecular flexibility index (Phi) is 8.76. The average Bonchev–Trinajstić information content (AvgIpc) is 2.89. The topological polar surface area (TPSA) is 158 Å². The van der Waals surface area contributed by atoms with Crippen LogP contribution in [0.4, 0.5) is 11.4 Å². The molecule has 0 aliphatic rings. The largest absolute Gasteiger partial charge is 0.480 e. The minimum absolute atomic E-state index is 0.343. The number of nitrogens with one attached hydrogen (secondary N) is 2. The van der Waals surface area contributed by atoms with Crippen LogP contribution in [0.1, 0.15) is 31.8 Å². The first kappa shape index (κ1) is 25.5. The number of nitrogens with zero attached hydrogens (tertiary/aromatic N) is 2. The van der Waals surface area contributed by atoms with Crippen LogP contribution >= 0.6 is 0 Å². The fourth-order valence-corrected chi connectivity index (χ4v) is 2.88. The SMILES string of the molecule is O=C(O)CNC(=O)c1ccc(N=Cc2ccc(C=Nc3ccc(C(=O)NCC(=O)O)cc3)cc2)cc1. The highest BCUT2D eigenvalue weighted by Gasteiger charge is 2.07. The van der Waals surface area contributed by atoms with Crippen LogP contribution in [0.2, 0.25) is 0 Å². The molecule has 2 amide bonds. The van der Waals surface area contributed by atoms with Gasteiger partial charge in [-0.25, -0.2) is 0 Å². The van der Waals surface area contributed by atoms with E-state index >= 15 is 0 Å². The Morgan fingerprint density at radius 3 is 1.22 bits per heavy atom. The van der Waals surface area contributed by atoms with Crippen molar-refractivity contribution in [2.75, 3.05) is 13.1 Å². The lowest BCUT2D eigenvalue weighted by Gasteiger charge is -2.03. The minimum Gasteiger partial charge on any atom is -0.480 e. The highest BCUT2D eigenvalue weighted by molar-refractivity contribution is 5.97. The monoisotopic (exact) mass is 486 g/mol. The predicted octanol–water partition coefficient (Wildman–Crippen LogP) is 2.82. The zero-order valence-corrected chi connectivity index (χ0v) is 18.9. The molecular weight excluding hydrogens is 464 g/mol. The summed E-state index contributed by atoms with van der Waals surface area (Å²) in [5.41, 5.74) is 3.66. The lowest BCUT2D eigenvalue weighted by atomic mass is 10.1. The Balaban J connectivity index is 1.54. The first-order chi connectivity index (χ1) is 17.3. The summed E-state index contributed by atoms with van der Waals surface area (Å²) in [4.78, 5) is 53.5. The van der Waals surface area contributed by atoms with Gasteiger partial charge in [0.2, 0.25) is 0 Å². The molecule has 0 unspecified atom stereocenters. The van der Waals surface area contributed by atoms with E-state index in [4.69, 9.17) is 10.2 Å². The molecule has 0 atom stereocenters. The van der Waals surface area contributed by atoms with E-state index in [0.29, 0.717) is 22.5 Å². The molecule has 0 saturated heterocycles. The normalized spacial score (nSPS) is 10.9. The predicted molar refractivity (Wildman–Crippen MR) is 134 cm³/mol. The van der Waals surface area contributed by atoms with Crippen LogP contribution in [0.25, 0.3) is 0 Å². The maximum Gasteiger partial charge on any atom is 0.322 e. The van der Waals surface area contributed by atoms with E-state index in [2.05, 4.69) is 20.6 Å². The number of hydrogen-bond donors (Lipinski definition) is 4. The zero-order valence-electron chi connectivity index (χ0n) is 18.9. The van der Waals surface area contributed by atoms with Crippen LogP contribution in [0.15, 0.2) is 82.8 Å². The van der Waals surface area contributed by atoms with Gasteiger partial charge in [0.15, 0.2) is 0 Å². The van der Waals surface area contributed by atoms with Crippen molar-refractivity contribution in [3.8, 4) is 0 Å². The van der Waals surface area contributed by atoms with Crippen molar-refractivity contribution in [1.82, 2.24) is 10.6 Å². The van der Waals surface area contributed by atoms with E-state index < -0.39 is 36.8 Å². The van der Waals surface area contributed by atoms with Gasteiger partial charge in [-0.3, -0.25) is 29.2 Å². The molecule has 0 aliphatic heterocycles. The summed E-state index contributed by atoms with van der Waals surface area (Å²) in [6.45, 7) is -0.888. The summed E-state index contributed by atoms with van der Waals surface area (Å²) < 4.78 is 0. The van der Waals surface area contributed by atoms with Crippen molar-refractivity contribution in [2.24, 2.45) is 9.98 Å². The van der Waals surface area contributed by atoms with Gasteiger partial charge in [0, 0.05) is 23.6 Å². The molecule has 4 N–H and O–H groups in total. The molecule has 182 valence electrons. The van der Waals surface area contributed by atoms with Crippen molar-refractivity contribution in [3.63, 3.8) is 0 Å². The van der Waals surface area contributed by atoms with Crippen molar-refractivity contribution in [1.29, 1.82) is 0 Å². The molecule has 10 heteroatoms. The molecule has 0 aromatic heterocycles. The molecule has 0 spiro atoms. The second-order valence-corrected chi connectivity index (χ2v) is 7.43. The smallest absolute Gasteiger partial charge is 0.322 e. The second kappa shape index (κ2) is 12.4. The van der Waals surface area contributed by atoms with Gasteiger partial charge in [-0.2, -0.15) is 0 Å². The third-order valence-electron chi connectivity index (χ3n) is 4.72. The van der Waals surface area contributed by atoms with Gasteiger partial charge in [-0.15, -0.1) is 0 Å². The Bertz CT molecular complexity index is 1200. The molecule has 0 bridgehead atoms. The van der Waals surface area contributed by atoms with Gasteiger partial charge in [-0.1, -0.05) is 24.3 Å². The molecule has 3 aromatic carbocycles. The van der Waals surface area contributed by atoms with Crippen LogP contribution in [0.5, 0.6) is 0 Å². The van der Waals surface area contributed by atoms with Gasteiger partial charge >= 0.3 is 11.9 Å².